The van der Waals surface area contributed by atoms with E-state index in [0.29, 0.717) is 30.2 Å². The molecule has 1 aliphatic heterocycles. The highest BCUT2D eigenvalue weighted by atomic mass is 32.1. The van der Waals surface area contributed by atoms with Gasteiger partial charge in [-0.1, -0.05) is 6.92 Å². The van der Waals surface area contributed by atoms with E-state index in [1.54, 1.807) is 48.6 Å². The fourth-order valence-electron chi connectivity index (χ4n) is 4.24. The van der Waals surface area contributed by atoms with E-state index < -0.39 is 0 Å². The van der Waals surface area contributed by atoms with Crippen LogP contribution in [0, 0.1) is 11.8 Å². The minimum atomic E-state index is -0.153. The molecule has 8 nitrogen and oxygen atoms in total. The number of benzene rings is 1. The van der Waals surface area contributed by atoms with Crippen molar-refractivity contribution in [2.75, 3.05) is 39.2 Å². The van der Waals surface area contributed by atoms with Crippen molar-refractivity contribution in [1.82, 2.24) is 14.8 Å². The number of likely N-dealkylation sites (N-methyl/N-ethyl adjacent to an activating group) is 1. The third kappa shape index (κ3) is 5.95. The van der Waals surface area contributed by atoms with E-state index in [9.17, 15) is 9.59 Å². The first-order valence-corrected chi connectivity index (χ1v) is 12.7. The number of amides is 2. The van der Waals surface area contributed by atoms with Crippen LogP contribution in [0.1, 0.15) is 42.1 Å². The van der Waals surface area contributed by atoms with Gasteiger partial charge in [0.2, 0.25) is 5.91 Å². The molecule has 184 valence electrons. The van der Waals surface area contributed by atoms with Crippen molar-refractivity contribution in [2.45, 2.75) is 45.4 Å². The second-order valence-corrected chi connectivity index (χ2v) is 10.4. The number of hydrogen-bond donors (Lipinski definition) is 1. The molecule has 0 spiro atoms. The topological polar surface area (TPSA) is 84.0 Å². The molecule has 0 saturated heterocycles. The predicted octanol–water partition coefficient (Wildman–Crippen LogP) is 3.50. The van der Waals surface area contributed by atoms with Gasteiger partial charge < -0.3 is 19.7 Å². The number of hydrogen-bond acceptors (Lipinski definition) is 7. The van der Waals surface area contributed by atoms with Crippen molar-refractivity contribution in [2.24, 2.45) is 11.8 Å². The summed E-state index contributed by atoms with van der Waals surface area (Å²) in [7, 11) is 3.48. The van der Waals surface area contributed by atoms with Gasteiger partial charge in [-0.3, -0.25) is 14.5 Å². The Morgan fingerprint density at radius 2 is 2.09 bits per heavy atom. The van der Waals surface area contributed by atoms with Gasteiger partial charge in [0.1, 0.15) is 17.4 Å². The second-order valence-electron chi connectivity index (χ2n) is 9.43. The number of aromatic nitrogens is 1. The molecule has 0 unspecified atom stereocenters. The lowest BCUT2D eigenvalue weighted by molar-refractivity contribution is -0.117. The number of anilines is 1. The number of rotatable bonds is 5. The van der Waals surface area contributed by atoms with E-state index >= 15 is 0 Å². The first kappa shape index (κ1) is 24.6. The molecule has 1 fully saturated rings. The smallest absolute Gasteiger partial charge is 0.257 e. The van der Waals surface area contributed by atoms with Gasteiger partial charge in [0.05, 0.1) is 18.2 Å². The molecular weight excluding hydrogens is 452 g/mol. The SMILES string of the molecule is CO[C@@H]1CN(C)C(=O)c2cc(NC(=O)C3CC3)ccc2OC[C@@H](C)N(Cc2nccs2)C[C@H]1C. The quantitative estimate of drug-likeness (QED) is 0.697. The molecule has 0 bridgehead atoms. The van der Waals surface area contributed by atoms with E-state index in [0.717, 1.165) is 30.9 Å². The maximum Gasteiger partial charge on any atom is 0.257 e. The summed E-state index contributed by atoms with van der Waals surface area (Å²) in [6, 6.07) is 5.40. The normalized spacial score (nSPS) is 24.5. The van der Waals surface area contributed by atoms with Crippen LogP contribution < -0.4 is 10.1 Å². The molecule has 34 heavy (non-hydrogen) atoms. The summed E-state index contributed by atoms with van der Waals surface area (Å²) in [6.07, 6.45) is 3.55. The summed E-state index contributed by atoms with van der Waals surface area (Å²) in [5, 5.41) is 5.99. The zero-order valence-corrected chi connectivity index (χ0v) is 21.1. The Balaban J connectivity index is 1.61. The van der Waals surface area contributed by atoms with Gasteiger partial charge in [-0.15, -0.1) is 11.3 Å². The average molecular weight is 487 g/mol. The first-order chi connectivity index (χ1) is 16.4. The molecule has 1 saturated carbocycles. The van der Waals surface area contributed by atoms with Gasteiger partial charge in [-0.25, -0.2) is 4.98 Å². The summed E-state index contributed by atoms with van der Waals surface area (Å²) >= 11 is 1.64. The number of methoxy groups -OCH3 is 1. The summed E-state index contributed by atoms with van der Waals surface area (Å²) in [5.74, 6) is 0.647. The Morgan fingerprint density at radius 3 is 2.76 bits per heavy atom. The van der Waals surface area contributed by atoms with Gasteiger partial charge in [-0.2, -0.15) is 0 Å². The van der Waals surface area contributed by atoms with Crippen molar-refractivity contribution in [3.8, 4) is 5.75 Å². The highest BCUT2D eigenvalue weighted by molar-refractivity contribution is 7.09. The fraction of sp³-hybridized carbons (Fsp3) is 0.560. The molecule has 4 rings (SSSR count). The van der Waals surface area contributed by atoms with E-state index in [-0.39, 0.29) is 35.8 Å². The first-order valence-electron chi connectivity index (χ1n) is 11.8. The third-order valence-electron chi connectivity index (χ3n) is 6.61. The highest BCUT2D eigenvalue weighted by Gasteiger charge is 2.31. The van der Waals surface area contributed by atoms with Crippen LogP contribution in [0.4, 0.5) is 5.69 Å². The van der Waals surface area contributed by atoms with Gasteiger partial charge in [0.25, 0.3) is 5.91 Å². The van der Waals surface area contributed by atoms with Crippen LogP contribution >= 0.6 is 11.3 Å². The highest BCUT2D eigenvalue weighted by Crippen LogP contribution is 2.31. The Kier molecular flexibility index (Phi) is 7.85. The molecule has 2 aliphatic rings. The lowest BCUT2D eigenvalue weighted by Crippen LogP contribution is -2.46. The summed E-state index contributed by atoms with van der Waals surface area (Å²) in [4.78, 5) is 34.2. The molecular formula is C25H34N4O4S. The molecule has 1 N–H and O–H groups in total. The molecule has 3 atom stereocenters. The van der Waals surface area contributed by atoms with Gasteiger partial charge in [0, 0.05) is 56.5 Å². The Bertz CT molecular complexity index is 995. The Labute approximate surface area is 205 Å². The van der Waals surface area contributed by atoms with Crippen LogP contribution in [0.2, 0.25) is 0 Å². The van der Waals surface area contributed by atoms with Crippen LogP contribution in [0.3, 0.4) is 0 Å². The fourth-order valence-corrected chi connectivity index (χ4v) is 4.89. The maximum atomic E-state index is 13.4. The lowest BCUT2D eigenvalue weighted by Gasteiger charge is -2.35. The number of nitrogens with one attached hydrogen (secondary N) is 1. The van der Waals surface area contributed by atoms with Gasteiger partial charge >= 0.3 is 0 Å². The molecule has 9 heteroatoms. The number of nitrogens with zero attached hydrogens (tertiary/aromatic N) is 3. The minimum absolute atomic E-state index is 0.00884. The third-order valence-corrected chi connectivity index (χ3v) is 7.38. The average Bonchev–Trinajstić information content (AvgIpc) is 3.56. The number of carbonyl (C=O) groups is 2. The monoisotopic (exact) mass is 486 g/mol. The zero-order valence-electron chi connectivity index (χ0n) is 20.3. The molecule has 2 aromatic rings. The second kappa shape index (κ2) is 10.8. The van der Waals surface area contributed by atoms with Gasteiger partial charge in [-0.05, 0) is 43.9 Å². The van der Waals surface area contributed by atoms with Crippen molar-refractivity contribution in [1.29, 1.82) is 0 Å². The van der Waals surface area contributed by atoms with Crippen molar-refractivity contribution in [3.05, 3.63) is 40.3 Å². The zero-order chi connectivity index (χ0) is 24.2. The Hall–Kier alpha value is -2.49. The number of ether oxygens (including phenoxy) is 2. The van der Waals surface area contributed by atoms with E-state index in [2.05, 4.69) is 29.0 Å². The van der Waals surface area contributed by atoms with Crippen molar-refractivity contribution >= 4 is 28.8 Å². The van der Waals surface area contributed by atoms with Crippen molar-refractivity contribution in [3.63, 3.8) is 0 Å². The number of carbonyl (C=O) groups excluding carboxylic acids is 2. The van der Waals surface area contributed by atoms with Crippen LogP contribution in [-0.4, -0.2) is 72.6 Å². The van der Waals surface area contributed by atoms with E-state index in [4.69, 9.17) is 9.47 Å². The molecule has 2 amide bonds. The maximum absolute atomic E-state index is 13.4. The van der Waals surface area contributed by atoms with E-state index in [1.807, 2.05) is 11.6 Å². The standard InChI is InChI=1S/C25H34N4O4S/c1-16-12-29(14-23-26-9-10-34-23)17(2)15-33-21-8-7-19(27-24(30)18-5-6-18)11-20(21)25(31)28(3)13-22(16)32-4/h7-11,16-18,22H,5-6,12-15H2,1-4H3,(H,27,30)/t16-,17-,22-/m1/s1. The van der Waals surface area contributed by atoms with Crippen LogP contribution in [-0.2, 0) is 16.1 Å². The van der Waals surface area contributed by atoms with E-state index in [1.165, 1.54) is 0 Å². The largest absolute Gasteiger partial charge is 0.491 e. The molecule has 1 aromatic carbocycles. The summed E-state index contributed by atoms with van der Waals surface area (Å²) < 4.78 is 12.0. The Morgan fingerprint density at radius 1 is 1.29 bits per heavy atom. The summed E-state index contributed by atoms with van der Waals surface area (Å²) in [6.45, 7) is 6.69. The molecule has 0 radical (unpaired) electrons. The lowest BCUT2D eigenvalue weighted by atomic mass is 10.0. The summed E-state index contributed by atoms with van der Waals surface area (Å²) in [5.41, 5.74) is 1.06. The number of fused-ring (bicyclic) bond motifs is 1. The van der Waals surface area contributed by atoms with Crippen molar-refractivity contribution < 1.29 is 19.1 Å². The molecule has 2 heterocycles. The molecule has 1 aromatic heterocycles. The van der Waals surface area contributed by atoms with Gasteiger partial charge in [0.15, 0.2) is 0 Å². The van der Waals surface area contributed by atoms with Crippen LogP contribution in [0.5, 0.6) is 5.75 Å². The number of thiazole rings is 1. The molecule has 1 aliphatic carbocycles. The minimum Gasteiger partial charge on any atom is -0.491 e. The van der Waals surface area contributed by atoms with Crippen LogP contribution in [0.15, 0.2) is 29.8 Å². The predicted molar refractivity (Wildman–Crippen MR) is 132 cm³/mol. The van der Waals surface area contributed by atoms with Crippen LogP contribution in [0.25, 0.3) is 0 Å².